The molecule has 0 bridgehead atoms. The van der Waals surface area contributed by atoms with Gasteiger partial charge >= 0.3 is 6.18 Å². The quantitative estimate of drug-likeness (QED) is 0.834. The second-order valence-corrected chi connectivity index (χ2v) is 6.75. The van der Waals surface area contributed by atoms with Crippen molar-refractivity contribution in [3.63, 3.8) is 0 Å². The van der Waals surface area contributed by atoms with Gasteiger partial charge in [-0.05, 0) is 43.9 Å². The number of hydrogen-bond acceptors (Lipinski definition) is 4. The number of alkyl halides is 3. The van der Waals surface area contributed by atoms with Gasteiger partial charge in [0.15, 0.2) is 0 Å². The molecule has 9 heteroatoms. The molecule has 0 aliphatic heterocycles. The van der Waals surface area contributed by atoms with Crippen molar-refractivity contribution in [2.45, 2.75) is 44.0 Å². The first kappa shape index (κ1) is 19.4. The molecule has 2 heterocycles. The van der Waals surface area contributed by atoms with E-state index in [1.165, 1.54) is 6.20 Å². The van der Waals surface area contributed by atoms with E-state index in [-0.39, 0.29) is 17.7 Å². The maximum absolute atomic E-state index is 12.5. The van der Waals surface area contributed by atoms with E-state index in [1.807, 2.05) is 0 Å². The number of halogens is 4. The molecule has 2 aromatic rings. The summed E-state index contributed by atoms with van der Waals surface area (Å²) in [7, 11) is 0. The Balaban J connectivity index is 1.48. The predicted molar refractivity (Wildman–Crippen MR) is 92.6 cm³/mol. The molecule has 27 heavy (non-hydrogen) atoms. The summed E-state index contributed by atoms with van der Waals surface area (Å²) in [5, 5.41) is 3.37. The third kappa shape index (κ3) is 5.32. The number of carbonyl (C=O) groups is 1. The van der Waals surface area contributed by atoms with Crippen molar-refractivity contribution in [1.29, 1.82) is 0 Å². The maximum atomic E-state index is 12.5. The van der Waals surface area contributed by atoms with Crippen LogP contribution in [0.4, 0.5) is 13.2 Å². The molecule has 0 atom stereocenters. The molecular weight excluding hydrogens is 383 g/mol. The van der Waals surface area contributed by atoms with Gasteiger partial charge in [-0.2, -0.15) is 13.2 Å². The van der Waals surface area contributed by atoms with Gasteiger partial charge in [0.2, 0.25) is 5.88 Å². The lowest BCUT2D eigenvalue weighted by molar-refractivity contribution is -0.141. The normalized spacial score (nSPS) is 20.1. The highest BCUT2D eigenvalue weighted by atomic mass is 35.5. The maximum Gasteiger partial charge on any atom is 0.433 e. The van der Waals surface area contributed by atoms with Crippen molar-refractivity contribution in [3.05, 3.63) is 52.9 Å². The number of carbonyl (C=O) groups excluding carboxylic acids is 1. The van der Waals surface area contributed by atoms with Gasteiger partial charge < -0.3 is 10.1 Å². The first-order chi connectivity index (χ1) is 12.8. The Morgan fingerprint density at radius 3 is 2.37 bits per heavy atom. The lowest BCUT2D eigenvalue weighted by Gasteiger charge is -2.29. The van der Waals surface area contributed by atoms with E-state index >= 15 is 0 Å². The molecule has 1 aliphatic carbocycles. The molecule has 1 fully saturated rings. The molecule has 1 amide bonds. The Labute approximate surface area is 158 Å². The highest BCUT2D eigenvalue weighted by molar-refractivity contribution is 6.30. The summed E-state index contributed by atoms with van der Waals surface area (Å²) in [5.41, 5.74) is -0.917. The second kappa shape index (κ2) is 8.12. The zero-order chi connectivity index (χ0) is 19.4. The first-order valence-corrected chi connectivity index (χ1v) is 8.81. The van der Waals surface area contributed by atoms with Gasteiger partial charge in [-0.1, -0.05) is 11.6 Å². The topological polar surface area (TPSA) is 64.1 Å². The average molecular weight is 400 g/mol. The van der Waals surface area contributed by atoms with Crippen LogP contribution in [0.2, 0.25) is 5.02 Å². The second-order valence-electron chi connectivity index (χ2n) is 6.31. The van der Waals surface area contributed by atoms with Crippen LogP contribution in [0.5, 0.6) is 5.88 Å². The standard InChI is InChI=1S/C18H17ClF3N3O2/c19-12-2-8-16(24-10-12)27-14-5-3-13(4-6-14)25-17(26)11-1-7-15(23-9-11)18(20,21)22/h1-2,7-10,13-14H,3-6H2,(H,25,26). The largest absolute Gasteiger partial charge is 0.474 e. The number of hydrogen-bond donors (Lipinski definition) is 1. The number of nitrogens with one attached hydrogen (secondary N) is 1. The molecule has 0 spiro atoms. The SMILES string of the molecule is O=C(NC1CCC(Oc2ccc(Cl)cn2)CC1)c1ccc(C(F)(F)F)nc1. The molecule has 0 unspecified atom stereocenters. The van der Waals surface area contributed by atoms with E-state index in [4.69, 9.17) is 16.3 Å². The number of amides is 1. The Morgan fingerprint density at radius 1 is 1.07 bits per heavy atom. The van der Waals surface area contributed by atoms with Gasteiger partial charge in [-0.25, -0.2) is 4.98 Å². The number of rotatable bonds is 4. The van der Waals surface area contributed by atoms with Crippen LogP contribution in [0.25, 0.3) is 0 Å². The highest BCUT2D eigenvalue weighted by Gasteiger charge is 2.32. The molecule has 3 rings (SSSR count). The van der Waals surface area contributed by atoms with Crippen molar-refractivity contribution in [3.8, 4) is 5.88 Å². The molecular formula is C18H17ClF3N3O2. The summed E-state index contributed by atoms with van der Waals surface area (Å²) in [6.07, 6.45) is 0.822. The Bertz CT molecular complexity index is 774. The van der Waals surface area contributed by atoms with Gasteiger partial charge in [0, 0.05) is 24.5 Å². The summed E-state index contributed by atoms with van der Waals surface area (Å²) >= 11 is 5.79. The van der Waals surface area contributed by atoms with E-state index in [0.29, 0.717) is 23.7 Å². The van der Waals surface area contributed by atoms with Gasteiger partial charge in [-0.3, -0.25) is 9.78 Å². The molecule has 1 aliphatic rings. The third-order valence-electron chi connectivity index (χ3n) is 4.31. The van der Waals surface area contributed by atoms with Crippen LogP contribution in [0.1, 0.15) is 41.7 Å². The smallest absolute Gasteiger partial charge is 0.433 e. The van der Waals surface area contributed by atoms with Crippen molar-refractivity contribution in [1.82, 2.24) is 15.3 Å². The minimum absolute atomic E-state index is 0.000404. The van der Waals surface area contributed by atoms with Gasteiger partial charge in [0.05, 0.1) is 10.6 Å². The first-order valence-electron chi connectivity index (χ1n) is 8.43. The molecule has 0 radical (unpaired) electrons. The zero-order valence-corrected chi connectivity index (χ0v) is 14.9. The molecule has 0 saturated heterocycles. The summed E-state index contributed by atoms with van der Waals surface area (Å²) in [6.45, 7) is 0. The lowest BCUT2D eigenvalue weighted by Crippen LogP contribution is -2.39. The van der Waals surface area contributed by atoms with Crippen molar-refractivity contribution < 1.29 is 22.7 Å². The highest BCUT2D eigenvalue weighted by Crippen LogP contribution is 2.27. The average Bonchev–Trinajstić information content (AvgIpc) is 2.64. The number of aromatic nitrogens is 2. The van der Waals surface area contributed by atoms with Gasteiger partial charge in [0.25, 0.3) is 5.91 Å². The van der Waals surface area contributed by atoms with Crippen LogP contribution < -0.4 is 10.1 Å². The fourth-order valence-electron chi connectivity index (χ4n) is 2.89. The van der Waals surface area contributed by atoms with Crippen molar-refractivity contribution in [2.24, 2.45) is 0 Å². The van der Waals surface area contributed by atoms with Gasteiger partial charge in [0.1, 0.15) is 11.8 Å². The fraction of sp³-hybridized carbons (Fsp3) is 0.389. The number of ether oxygens (including phenoxy) is 1. The Kier molecular flexibility index (Phi) is 5.84. The van der Waals surface area contributed by atoms with Crippen LogP contribution in [0.15, 0.2) is 36.7 Å². The minimum atomic E-state index is -4.52. The van der Waals surface area contributed by atoms with Crippen LogP contribution in [-0.2, 0) is 6.18 Å². The van der Waals surface area contributed by atoms with E-state index in [9.17, 15) is 18.0 Å². The molecule has 1 saturated carbocycles. The number of nitrogens with zero attached hydrogens (tertiary/aromatic N) is 2. The predicted octanol–water partition coefficient (Wildman–Crippen LogP) is 4.27. The van der Waals surface area contributed by atoms with E-state index in [2.05, 4.69) is 15.3 Å². The molecule has 144 valence electrons. The molecule has 0 aromatic carbocycles. The van der Waals surface area contributed by atoms with Crippen LogP contribution in [0, 0.1) is 0 Å². The Hall–Kier alpha value is -2.35. The van der Waals surface area contributed by atoms with Gasteiger partial charge in [-0.15, -0.1) is 0 Å². The molecule has 2 aromatic heterocycles. The van der Waals surface area contributed by atoms with Crippen molar-refractivity contribution in [2.75, 3.05) is 0 Å². The summed E-state index contributed by atoms with van der Waals surface area (Å²) in [5.74, 6) is 0.0719. The minimum Gasteiger partial charge on any atom is -0.474 e. The monoisotopic (exact) mass is 399 g/mol. The summed E-state index contributed by atoms with van der Waals surface area (Å²) in [4.78, 5) is 19.6. The van der Waals surface area contributed by atoms with Crippen LogP contribution in [-0.4, -0.2) is 28.0 Å². The van der Waals surface area contributed by atoms with Crippen LogP contribution >= 0.6 is 11.6 Å². The van der Waals surface area contributed by atoms with Crippen LogP contribution in [0.3, 0.4) is 0 Å². The Morgan fingerprint density at radius 2 is 1.81 bits per heavy atom. The summed E-state index contributed by atoms with van der Waals surface area (Å²) in [6, 6.07) is 5.28. The van der Waals surface area contributed by atoms with E-state index in [1.54, 1.807) is 12.1 Å². The lowest BCUT2D eigenvalue weighted by atomic mass is 9.92. The number of pyridine rings is 2. The fourth-order valence-corrected chi connectivity index (χ4v) is 3.00. The van der Waals surface area contributed by atoms with E-state index in [0.717, 1.165) is 31.2 Å². The zero-order valence-electron chi connectivity index (χ0n) is 14.2. The summed E-state index contributed by atoms with van der Waals surface area (Å²) < 4.78 is 43.4. The molecule has 5 nitrogen and oxygen atoms in total. The molecule has 1 N–H and O–H groups in total. The van der Waals surface area contributed by atoms with Crippen molar-refractivity contribution >= 4 is 17.5 Å². The third-order valence-corrected chi connectivity index (χ3v) is 4.54. The van der Waals surface area contributed by atoms with E-state index < -0.39 is 17.8 Å².